The summed E-state index contributed by atoms with van der Waals surface area (Å²) in [6.45, 7) is 6.37. The molecule has 0 saturated carbocycles. The zero-order valence-electron chi connectivity index (χ0n) is 16.9. The third-order valence-corrected chi connectivity index (χ3v) is 5.28. The molecule has 1 amide bonds. The third kappa shape index (κ3) is 3.56. The van der Waals surface area contributed by atoms with Gasteiger partial charge in [-0.1, -0.05) is 19.1 Å². The number of aromatic nitrogens is 1. The Morgan fingerprint density at radius 3 is 2.39 bits per heavy atom. The van der Waals surface area contributed by atoms with Crippen LogP contribution in [0.5, 0.6) is 5.75 Å². The van der Waals surface area contributed by atoms with Crippen molar-refractivity contribution < 1.29 is 19.1 Å². The maximum absolute atomic E-state index is 13.1. The molecule has 2 aromatic rings. The van der Waals surface area contributed by atoms with Crippen LogP contribution < -0.4 is 9.64 Å². The number of H-pyrrole nitrogens is 1. The summed E-state index contributed by atoms with van der Waals surface area (Å²) < 4.78 is 10.3. The van der Waals surface area contributed by atoms with E-state index in [1.54, 1.807) is 14.0 Å². The molecule has 0 radical (unpaired) electrons. The maximum Gasteiger partial charge on any atom is 0.339 e. The molecular formula is C21H27N3O4. The fraction of sp³-hybridized carbons (Fsp3) is 0.429. The highest BCUT2D eigenvalue weighted by atomic mass is 16.5. The second kappa shape index (κ2) is 8.37. The third-order valence-electron chi connectivity index (χ3n) is 5.28. The number of carbonyl (C=O) groups is 2. The molecule has 1 saturated heterocycles. The molecule has 0 unspecified atom stereocenters. The second-order valence-corrected chi connectivity index (χ2v) is 6.77. The van der Waals surface area contributed by atoms with Crippen molar-refractivity contribution in [1.82, 2.24) is 9.88 Å². The number of nitrogens with zero attached hydrogens (tertiary/aromatic N) is 2. The van der Waals surface area contributed by atoms with Crippen molar-refractivity contribution in [2.75, 3.05) is 45.3 Å². The van der Waals surface area contributed by atoms with Crippen molar-refractivity contribution in [1.29, 1.82) is 0 Å². The first kappa shape index (κ1) is 19.8. The lowest BCUT2D eigenvalue weighted by Crippen LogP contribution is -2.49. The highest BCUT2D eigenvalue weighted by Gasteiger charge is 2.29. The van der Waals surface area contributed by atoms with Crippen LogP contribution >= 0.6 is 0 Å². The monoisotopic (exact) mass is 385 g/mol. The van der Waals surface area contributed by atoms with Gasteiger partial charge in [-0.15, -0.1) is 0 Å². The number of anilines is 1. The van der Waals surface area contributed by atoms with Gasteiger partial charge in [0, 0.05) is 31.9 Å². The standard InChI is InChI=1S/C21H27N3O4/c1-5-15-18(21(26)28-4)14(2)19(22-15)20(25)24-12-10-23(11-13-24)16-8-6-7-9-17(16)27-3/h6-9,22H,5,10-13H2,1-4H3. The number of rotatable bonds is 5. The van der Waals surface area contributed by atoms with Crippen LogP contribution in [0.15, 0.2) is 24.3 Å². The smallest absolute Gasteiger partial charge is 0.339 e. The SMILES string of the molecule is CCc1[nH]c(C(=O)N2CCN(c3ccccc3OC)CC2)c(C)c1C(=O)OC. The van der Waals surface area contributed by atoms with Crippen LogP contribution in [0.1, 0.15) is 39.0 Å². The molecule has 1 aromatic heterocycles. The lowest BCUT2D eigenvalue weighted by Gasteiger charge is -2.36. The summed E-state index contributed by atoms with van der Waals surface area (Å²) in [5.41, 5.74) is 3.37. The molecular weight excluding hydrogens is 358 g/mol. The van der Waals surface area contributed by atoms with Crippen molar-refractivity contribution in [3.8, 4) is 5.75 Å². The van der Waals surface area contributed by atoms with Crippen LogP contribution in [0.4, 0.5) is 5.69 Å². The molecule has 1 fully saturated rings. The molecule has 150 valence electrons. The first-order valence-corrected chi connectivity index (χ1v) is 9.48. The summed E-state index contributed by atoms with van der Waals surface area (Å²) in [7, 11) is 3.02. The molecule has 1 aliphatic heterocycles. The van der Waals surface area contributed by atoms with Crippen LogP contribution in [0.25, 0.3) is 0 Å². The number of ether oxygens (including phenoxy) is 2. The maximum atomic E-state index is 13.1. The first-order valence-electron chi connectivity index (χ1n) is 9.48. The molecule has 1 N–H and O–H groups in total. The normalized spacial score (nSPS) is 14.1. The Bertz CT molecular complexity index is 867. The minimum Gasteiger partial charge on any atom is -0.495 e. The number of carbonyl (C=O) groups excluding carboxylic acids is 2. The highest BCUT2D eigenvalue weighted by molar-refractivity contribution is 6.00. The minimum absolute atomic E-state index is 0.0815. The number of hydrogen-bond acceptors (Lipinski definition) is 5. The largest absolute Gasteiger partial charge is 0.495 e. The van der Waals surface area contributed by atoms with Crippen molar-refractivity contribution in [3.05, 3.63) is 46.8 Å². The molecule has 1 aliphatic rings. The van der Waals surface area contributed by atoms with E-state index in [9.17, 15) is 9.59 Å². The highest BCUT2D eigenvalue weighted by Crippen LogP contribution is 2.29. The molecule has 7 heteroatoms. The fourth-order valence-electron chi connectivity index (χ4n) is 3.72. The lowest BCUT2D eigenvalue weighted by molar-refractivity contribution is 0.0599. The predicted octanol–water partition coefficient (Wildman–Crippen LogP) is 2.64. The summed E-state index contributed by atoms with van der Waals surface area (Å²) >= 11 is 0. The quantitative estimate of drug-likeness (QED) is 0.801. The zero-order valence-corrected chi connectivity index (χ0v) is 16.9. The number of methoxy groups -OCH3 is 2. The molecule has 0 bridgehead atoms. The Balaban J connectivity index is 1.75. The van der Waals surface area contributed by atoms with Crippen LogP contribution in [0, 0.1) is 6.92 Å². The van der Waals surface area contributed by atoms with E-state index in [2.05, 4.69) is 9.88 Å². The van der Waals surface area contributed by atoms with Crippen molar-refractivity contribution >= 4 is 17.6 Å². The number of para-hydroxylation sites is 2. The topological polar surface area (TPSA) is 74.9 Å². The molecule has 0 spiro atoms. The van der Waals surface area contributed by atoms with Crippen molar-refractivity contribution in [2.24, 2.45) is 0 Å². The molecule has 0 aliphatic carbocycles. The number of hydrogen-bond donors (Lipinski definition) is 1. The summed E-state index contributed by atoms with van der Waals surface area (Å²) in [6.07, 6.45) is 0.625. The molecule has 0 atom stereocenters. The van der Waals surface area contributed by atoms with E-state index in [-0.39, 0.29) is 5.91 Å². The van der Waals surface area contributed by atoms with Gasteiger partial charge in [-0.05, 0) is 31.0 Å². The molecule has 1 aromatic carbocycles. The van der Waals surface area contributed by atoms with E-state index in [0.717, 1.165) is 30.2 Å². The lowest BCUT2D eigenvalue weighted by atomic mass is 10.1. The van der Waals surface area contributed by atoms with E-state index in [1.165, 1.54) is 7.11 Å². The van der Waals surface area contributed by atoms with Gasteiger partial charge in [0.15, 0.2) is 0 Å². The van der Waals surface area contributed by atoms with Gasteiger partial charge in [0.25, 0.3) is 5.91 Å². The van der Waals surface area contributed by atoms with Crippen molar-refractivity contribution in [3.63, 3.8) is 0 Å². The number of aryl methyl sites for hydroxylation is 1. The Kier molecular flexibility index (Phi) is 5.92. The average Bonchev–Trinajstić information content (AvgIpc) is 3.09. The fourth-order valence-corrected chi connectivity index (χ4v) is 3.72. The number of esters is 1. The van der Waals surface area contributed by atoms with E-state index < -0.39 is 5.97 Å². The van der Waals surface area contributed by atoms with Gasteiger partial charge < -0.3 is 24.3 Å². The van der Waals surface area contributed by atoms with E-state index >= 15 is 0 Å². The van der Waals surface area contributed by atoms with Gasteiger partial charge in [0.2, 0.25) is 0 Å². The Hall–Kier alpha value is -2.96. The summed E-state index contributed by atoms with van der Waals surface area (Å²) in [4.78, 5) is 32.4. The second-order valence-electron chi connectivity index (χ2n) is 6.77. The van der Waals surface area contributed by atoms with E-state index in [0.29, 0.717) is 36.3 Å². The van der Waals surface area contributed by atoms with Crippen LogP contribution in [0.2, 0.25) is 0 Å². The number of amides is 1. The minimum atomic E-state index is -0.411. The Morgan fingerprint density at radius 2 is 1.79 bits per heavy atom. The van der Waals surface area contributed by atoms with Crippen molar-refractivity contribution in [2.45, 2.75) is 20.3 Å². The van der Waals surface area contributed by atoms with Crippen LogP contribution in [0.3, 0.4) is 0 Å². The van der Waals surface area contributed by atoms with E-state index in [1.807, 2.05) is 36.1 Å². The summed E-state index contributed by atoms with van der Waals surface area (Å²) in [6, 6.07) is 7.90. The number of piperazine rings is 1. The molecule has 28 heavy (non-hydrogen) atoms. The van der Waals surface area contributed by atoms with Gasteiger partial charge in [0.1, 0.15) is 11.4 Å². The average molecular weight is 385 g/mol. The molecule has 7 nitrogen and oxygen atoms in total. The van der Waals surface area contributed by atoms with Gasteiger partial charge in [-0.2, -0.15) is 0 Å². The Morgan fingerprint density at radius 1 is 1.11 bits per heavy atom. The van der Waals surface area contributed by atoms with Gasteiger partial charge in [0.05, 0.1) is 25.5 Å². The molecule has 3 rings (SSSR count). The molecule has 2 heterocycles. The van der Waals surface area contributed by atoms with Crippen LogP contribution in [-0.2, 0) is 11.2 Å². The van der Waals surface area contributed by atoms with Gasteiger partial charge in [-0.3, -0.25) is 4.79 Å². The number of benzene rings is 1. The number of aromatic amines is 1. The van der Waals surface area contributed by atoms with Gasteiger partial charge in [-0.25, -0.2) is 4.79 Å². The van der Waals surface area contributed by atoms with Crippen LogP contribution in [-0.4, -0.2) is 62.2 Å². The predicted molar refractivity (Wildman–Crippen MR) is 107 cm³/mol. The summed E-state index contributed by atoms with van der Waals surface area (Å²) in [5.74, 6) is 0.338. The Labute approximate surface area is 165 Å². The zero-order chi connectivity index (χ0) is 20.3. The summed E-state index contributed by atoms with van der Waals surface area (Å²) in [5, 5.41) is 0. The van der Waals surface area contributed by atoms with Gasteiger partial charge >= 0.3 is 5.97 Å². The first-order chi connectivity index (χ1) is 13.5. The number of nitrogens with one attached hydrogen (secondary N) is 1. The van der Waals surface area contributed by atoms with E-state index in [4.69, 9.17) is 9.47 Å².